The molecular weight excluding hydrogens is 386 g/mol. The van der Waals surface area contributed by atoms with Crippen molar-refractivity contribution in [3.8, 4) is 0 Å². The van der Waals surface area contributed by atoms with Crippen molar-refractivity contribution >= 4 is 28.0 Å². The zero-order valence-electron chi connectivity index (χ0n) is 15.3. The van der Waals surface area contributed by atoms with E-state index in [1.807, 2.05) is 45.0 Å². The third-order valence-electron chi connectivity index (χ3n) is 4.45. The molecule has 1 heterocycles. The largest absolute Gasteiger partial charge is 0.469 e. The van der Waals surface area contributed by atoms with Gasteiger partial charge in [-0.3, -0.25) is 4.79 Å². The van der Waals surface area contributed by atoms with Crippen LogP contribution in [-0.4, -0.2) is 42.8 Å². The lowest BCUT2D eigenvalue weighted by molar-refractivity contribution is -0.155. The number of methoxy groups -OCH3 is 1. The van der Waals surface area contributed by atoms with Gasteiger partial charge in [-0.25, -0.2) is 4.79 Å². The molecular formula is C19H26BrNO4. The van der Waals surface area contributed by atoms with Gasteiger partial charge in [0.1, 0.15) is 5.60 Å². The maximum absolute atomic E-state index is 12.5. The molecule has 5 nitrogen and oxygen atoms in total. The first kappa shape index (κ1) is 19.8. The van der Waals surface area contributed by atoms with Crippen LogP contribution < -0.4 is 0 Å². The number of nitrogens with zero attached hydrogens (tertiary/aromatic N) is 1. The number of hydrogen-bond acceptors (Lipinski definition) is 4. The number of likely N-dealkylation sites (tertiary alicyclic amines) is 1. The van der Waals surface area contributed by atoms with E-state index in [9.17, 15) is 9.59 Å². The van der Waals surface area contributed by atoms with Gasteiger partial charge in [-0.1, -0.05) is 28.1 Å². The molecule has 1 aromatic carbocycles. The summed E-state index contributed by atoms with van der Waals surface area (Å²) in [6.45, 7) is 6.52. The van der Waals surface area contributed by atoms with Gasteiger partial charge in [0, 0.05) is 17.6 Å². The lowest BCUT2D eigenvalue weighted by Gasteiger charge is -2.40. The fourth-order valence-corrected chi connectivity index (χ4v) is 3.37. The van der Waals surface area contributed by atoms with E-state index in [-0.39, 0.29) is 12.1 Å². The van der Waals surface area contributed by atoms with Gasteiger partial charge in [0.15, 0.2) is 0 Å². The first-order valence-corrected chi connectivity index (χ1v) is 9.25. The van der Waals surface area contributed by atoms with Crippen LogP contribution in [0.4, 0.5) is 4.79 Å². The molecule has 138 valence electrons. The summed E-state index contributed by atoms with van der Waals surface area (Å²) in [4.78, 5) is 26.4. The molecule has 0 aliphatic carbocycles. The van der Waals surface area contributed by atoms with E-state index in [1.54, 1.807) is 4.90 Å². The summed E-state index contributed by atoms with van der Waals surface area (Å²) in [6, 6.07) is 7.95. The first-order valence-electron chi connectivity index (χ1n) is 8.46. The summed E-state index contributed by atoms with van der Waals surface area (Å²) < 4.78 is 11.5. The maximum Gasteiger partial charge on any atom is 0.410 e. The van der Waals surface area contributed by atoms with Crippen LogP contribution in [-0.2, 0) is 20.7 Å². The van der Waals surface area contributed by atoms with Gasteiger partial charge in [0.2, 0.25) is 0 Å². The highest BCUT2D eigenvalue weighted by Gasteiger charge is 2.43. The van der Waals surface area contributed by atoms with Crippen LogP contribution in [0.5, 0.6) is 0 Å². The second-order valence-electron chi connectivity index (χ2n) is 7.54. The number of carbonyl (C=O) groups is 2. The minimum absolute atomic E-state index is 0.209. The molecule has 0 saturated carbocycles. The minimum atomic E-state index is -0.596. The minimum Gasteiger partial charge on any atom is -0.469 e. The monoisotopic (exact) mass is 411 g/mol. The second kappa shape index (κ2) is 7.77. The fraction of sp³-hybridized carbons (Fsp3) is 0.579. The van der Waals surface area contributed by atoms with E-state index in [0.29, 0.717) is 32.4 Å². The van der Waals surface area contributed by atoms with Crippen LogP contribution in [0.25, 0.3) is 0 Å². The van der Waals surface area contributed by atoms with Gasteiger partial charge in [-0.2, -0.15) is 0 Å². The molecule has 1 amide bonds. The van der Waals surface area contributed by atoms with Crippen LogP contribution in [0, 0.1) is 5.41 Å². The van der Waals surface area contributed by atoms with E-state index in [2.05, 4.69) is 15.9 Å². The topological polar surface area (TPSA) is 55.8 Å². The molecule has 0 bridgehead atoms. The SMILES string of the molecule is COC(=O)C1(Cc2ccc(Br)cc2)CCN(C(=O)OC(C)(C)C)CC1. The molecule has 2 rings (SSSR count). The summed E-state index contributed by atoms with van der Waals surface area (Å²) in [5.74, 6) is -0.209. The summed E-state index contributed by atoms with van der Waals surface area (Å²) in [7, 11) is 1.42. The van der Waals surface area contributed by atoms with Gasteiger partial charge < -0.3 is 14.4 Å². The van der Waals surface area contributed by atoms with Gasteiger partial charge in [0.05, 0.1) is 12.5 Å². The van der Waals surface area contributed by atoms with E-state index < -0.39 is 11.0 Å². The number of esters is 1. The molecule has 1 aliphatic rings. The molecule has 1 saturated heterocycles. The van der Waals surface area contributed by atoms with Gasteiger partial charge in [0.25, 0.3) is 0 Å². The summed E-state index contributed by atoms with van der Waals surface area (Å²) >= 11 is 3.42. The number of rotatable bonds is 3. The Labute approximate surface area is 157 Å². The molecule has 6 heteroatoms. The van der Waals surface area contributed by atoms with Crippen LogP contribution in [0.1, 0.15) is 39.2 Å². The van der Waals surface area contributed by atoms with Gasteiger partial charge in [-0.05, 0) is 57.7 Å². The smallest absolute Gasteiger partial charge is 0.410 e. The number of carbonyl (C=O) groups excluding carboxylic acids is 2. The summed E-state index contributed by atoms with van der Waals surface area (Å²) in [5, 5.41) is 0. The quantitative estimate of drug-likeness (QED) is 0.699. The summed E-state index contributed by atoms with van der Waals surface area (Å²) in [5.41, 5.74) is -0.0359. The number of hydrogen-bond donors (Lipinski definition) is 0. The second-order valence-corrected chi connectivity index (χ2v) is 8.46. The molecule has 0 unspecified atom stereocenters. The zero-order valence-corrected chi connectivity index (χ0v) is 16.9. The maximum atomic E-state index is 12.5. The van der Waals surface area contributed by atoms with Gasteiger partial charge in [-0.15, -0.1) is 0 Å². The van der Waals surface area contributed by atoms with Crippen molar-refractivity contribution in [2.24, 2.45) is 5.41 Å². The van der Waals surface area contributed by atoms with Gasteiger partial charge >= 0.3 is 12.1 Å². The molecule has 0 spiro atoms. The van der Waals surface area contributed by atoms with E-state index >= 15 is 0 Å². The van der Waals surface area contributed by atoms with E-state index in [1.165, 1.54) is 7.11 Å². The molecule has 25 heavy (non-hydrogen) atoms. The third-order valence-corrected chi connectivity index (χ3v) is 4.98. The predicted molar refractivity (Wildman–Crippen MR) is 99.3 cm³/mol. The highest BCUT2D eigenvalue weighted by molar-refractivity contribution is 9.10. The van der Waals surface area contributed by atoms with Crippen molar-refractivity contribution in [3.63, 3.8) is 0 Å². The summed E-state index contributed by atoms with van der Waals surface area (Å²) in [6.07, 6.45) is 1.41. The van der Waals surface area contributed by atoms with E-state index in [0.717, 1.165) is 10.0 Å². The van der Waals surface area contributed by atoms with Crippen molar-refractivity contribution < 1.29 is 19.1 Å². The number of piperidine rings is 1. The molecule has 0 atom stereocenters. The Morgan fingerprint density at radius 2 is 1.72 bits per heavy atom. The zero-order chi connectivity index (χ0) is 18.7. The van der Waals surface area contributed by atoms with Crippen molar-refractivity contribution in [1.29, 1.82) is 0 Å². The normalized spacial score (nSPS) is 17.1. The average Bonchev–Trinajstić information content (AvgIpc) is 2.55. The van der Waals surface area contributed by atoms with Crippen molar-refractivity contribution in [3.05, 3.63) is 34.3 Å². The number of benzene rings is 1. The third kappa shape index (κ3) is 5.21. The van der Waals surface area contributed by atoms with Crippen molar-refractivity contribution in [1.82, 2.24) is 4.90 Å². The molecule has 1 aliphatic heterocycles. The van der Waals surface area contributed by atoms with Crippen LogP contribution in [0.15, 0.2) is 28.7 Å². The molecule has 1 fully saturated rings. The Morgan fingerprint density at radius 3 is 2.20 bits per heavy atom. The lowest BCUT2D eigenvalue weighted by Crippen LogP contribution is -2.49. The fourth-order valence-electron chi connectivity index (χ4n) is 3.11. The van der Waals surface area contributed by atoms with Crippen LogP contribution in [0.3, 0.4) is 0 Å². The average molecular weight is 412 g/mol. The van der Waals surface area contributed by atoms with Crippen LogP contribution >= 0.6 is 15.9 Å². The Balaban J connectivity index is 2.09. The molecule has 1 aromatic rings. The molecule has 0 N–H and O–H groups in total. The standard InChI is InChI=1S/C19H26BrNO4/c1-18(2,3)25-17(23)21-11-9-19(10-12-21,16(22)24-4)13-14-5-7-15(20)8-6-14/h5-8H,9-13H2,1-4H3. The Hall–Kier alpha value is -1.56. The Morgan fingerprint density at radius 1 is 1.16 bits per heavy atom. The predicted octanol–water partition coefficient (Wildman–Crippen LogP) is 4.18. The van der Waals surface area contributed by atoms with Crippen LogP contribution in [0.2, 0.25) is 0 Å². The number of amides is 1. The Bertz CT molecular complexity index is 613. The van der Waals surface area contributed by atoms with Crippen molar-refractivity contribution in [2.45, 2.75) is 45.6 Å². The molecule has 0 aromatic heterocycles. The Kier molecular flexibility index (Phi) is 6.14. The number of halogens is 1. The highest BCUT2D eigenvalue weighted by Crippen LogP contribution is 2.37. The van der Waals surface area contributed by atoms with E-state index in [4.69, 9.17) is 9.47 Å². The van der Waals surface area contributed by atoms with Crippen molar-refractivity contribution in [2.75, 3.05) is 20.2 Å². The lowest BCUT2D eigenvalue weighted by atomic mass is 9.74. The first-order chi connectivity index (χ1) is 11.6. The number of ether oxygens (including phenoxy) is 2. The molecule has 0 radical (unpaired) electrons. The highest BCUT2D eigenvalue weighted by atomic mass is 79.9.